The highest BCUT2D eigenvalue weighted by molar-refractivity contribution is 5.78. The second-order valence-corrected chi connectivity index (χ2v) is 6.82. The molecule has 4 nitrogen and oxygen atoms in total. The van der Waals surface area contributed by atoms with E-state index in [1.807, 2.05) is 0 Å². The van der Waals surface area contributed by atoms with Crippen LogP contribution in [0.1, 0.15) is 51.4 Å². The fourth-order valence-electron chi connectivity index (χ4n) is 4.34. The molecule has 0 aromatic heterocycles. The molecule has 2 saturated heterocycles. The summed E-state index contributed by atoms with van der Waals surface area (Å²) < 4.78 is 0. The molecule has 1 atom stereocenters. The van der Waals surface area contributed by atoms with Gasteiger partial charge in [0.05, 0.1) is 6.54 Å². The zero-order chi connectivity index (χ0) is 13.8. The lowest BCUT2D eigenvalue weighted by atomic mass is 9.89. The minimum Gasteiger partial charge on any atom is -0.352 e. The molecule has 3 rings (SSSR count). The monoisotopic (exact) mass is 279 g/mol. The molecule has 114 valence electrons. The highest BCUT2D eigenvalue weighted by Gasteiger charge is 2.33. The van der Waals surface area contributed by atoms with Crippen molar-refractivity contribution in [1.82, 2.24) is 15.5 Å². The molecule has 1 saturated carbocycles. The largest absolute Gasteiger partial charge is 0.352 e. The lowest BCUT2D eigenvalue weighted by Gasteiger charge is -2.34. The maximum atomic E-state index is 12.2. The smallest absolute Gasteiger partial charge is 0.234 e. The van der Waals surface area contributed by atoms with Gasteiger partial charge in [-0.25, -0.2) is 0 Å². The first-order valence-electron chi connectivity index (χ1n) is 8.57. The average Bonchev–Trinajstić information content (AvgIpc) is 3.11. The van der Waals surface area contributed by atoms with Crippen LogP contribution in [-0.2, 0) is 4.79 Å². The minimum absolute atomic E-state index is 0.262. The van der Waals surface area contributed by atoms with E-state index in [1.165, 1.54) is 51.4 Å². The van der Waals surface area contributed by atoms with Crippen LogP contribution in [0.2, 0.25) is 0 Å². The van der Waals surface area contributed by atoms with E-state index in [0.29, 0.717) is 18.6 Å². The molecular formula is C16H29N3O. The topological polar surface area (TPSA) is 44.4 Å². The van der Waals surface area contributed by atoms with Crippen molar-refractivity contribution in [2.24, 2.45) is 5.92 Å². The lowest BCUT2D eigenvalue weighted by molar-refractivity contribution is -0.123. The van der Waals surface area contributed by atoms with Crippen molar-refractivity contribution in [3.8, 4) is 0 Å². The van der Waals surface area contributed by atoms with E-state index >= 15 is 0 Å². The molecule has 2 heterocycles. The number of hydrogen-bond acceptors (Lipinski definition) is 3. The SMILES string of the molecule is O=C(CN1CCCC1C1CCNCC1)NC1CCCC1. The van der Waals surface area contributed by atoms with Crippen LogP contribution in [0.15, 0.2) is 0 Å². The quantitative estimate of drug-likeness (QED) is 0.820. The third-order valence-electron chi connectivity index (χ3n) is 5.41. The molecule has 1 aliphatic carbocycles. The molecule has 20 heavy (non-hydrogen) atoms. The number of likely N-dealkylation sites (tertiary alicyclic amines) is 1. The molecule has 3 fully saturated rings. The Kier molecular flexibility index (Phi) is 4.94. The maximum Gasteiger partial charge on any atom is 0.234 e. The minimum atomic E-state index is 0.262. The van der Waals surface area contributed by atoms with Gasteiger partial charge in [-0.3, -0.25) is 9.69 Å². The van der Waals surface area contributed by atoms with Crippen molar-refractivity contribution in [3.63, 3.8) is 0 Å². The molecule has 1 unspecified atom stereocenters. The number of piperidine rings is 1. The Morgan fingerprint density at radius 1 is 1.05 bits per heavy atom. The van der Waals surface area contributed by atoms with Crippen molar-refractivity contribution >= 4 is 5.91 Å². The molecule has 0 bridgehead atoms. The van der Waals surface area contributed by atoms with Gasteiger partial charge in [0, 0.05) is 12.1 Å². The Balaban J connectivity index is 1.48. The van der Waals surface area contributed by atoms with E-state index in [1.54, 1.807) is 0 Å². The van der Waals surface area contributed by atoms with Crippen molar-refractivity contribution in [2.45, 2.75) is 63.5 Å². The number of hydrogen-bond donors (Lipinski definition) is 2. The number of rotatable bonds is 4. The highest BCUT2D eigenvalue weighted by Crippen LogP contribution is 2.29. The van der Waals surface area contributed by atoms with Gasteiger partial charge < -0.3 is 10.6 Å². The first kappa shape index (κ1) is 14.3. The van der Waals surface area contributed by atoms with Crippen LogP contribution in [0.3, 0.4) is 0 Å². The second kappa shape index (κ2) is 6.90. The van der Waals surface area contributed by atoms with Gasteiger partial charge in [0.1, 0.15) is 0 Å². The van der Waals surface area contributed by atoms with Crippen molar-refractivity contribution in [3.05, 3.63) is 0 Å². The summed E-state index contributed by atoms with van der Waals surface area (Å²) in [6.07, 6.45) is 10.1. The van der Waals surface area contributed by atoms with E-state index in [9.17, 15) is 4.79 Å². The van der Waals surface area contributed by atoms with Gasteiger partial charge in [-0.2, -0.15) is 0 Å². The lowest BCUT2D eigenvalue weighted by Crippen LogP contribution is -2.46. The van der Waals surface area contributed by atoms with Crippen LogP contribution in [-0.4, -0.2) is 49.1 Å². The fourth-order valence-corrected chi connectivity index (χ4v) is 4.34. The predicted molar refractivity (Wildman–Crippen MR) is 80.6 cm³/mol. The zero-order valence-corrected chi connectivity index (χ0v) is 12.6. The van der Waals surface area contributed by atoms with Crippen LogP contribution in [0.5, 0.6) is 0 Å². The van der Waals surface area contributed by atoms with Crippen LogP contribution in [0.25, 0.3) is 0 Å². The molecule has 0 spiro atoms. The number of carbonyl (C=O) groups is 1. The standard InChI is InChI=1S/C16H29N3O/c20-16(18-14-4-1-2-5-14)12-19-11-3-6-15(19)13-7-9-17-10-8-13/h13-15,17H,1-12H2,(H,18,20). The van der Waals surface area contributed by atoms with E-state index in [-0.39, 0.29) is 5.91 Å². The molecular weight excluding hydrogens is 250 g/mol. The van der Waals surface area contributed by atoms with E-state index < -0.39 is 0 Å². The summed E-state index contributed by atoms with van der Waals surface area (Å²) in [6.45, 7) is 4.06. The van der Waals surface area contributed by atoms with Gasteiger partial charge in [0.15, 0.2) is 0 Å². The van der Waals surface area contributed by atoms with Gasteiger partial charge in [-0.05, 0) is 64.1 Å². The summed E-state index contributed by atoms with van der Waals surface area (Å²) in [5.74, 6) is 1.07. The summed E-state index contributed by atoms with van der Waals surface area (Å²) in [6, 6.07) is 1.12. The Morgan fingerprint density at radius 3 is 2.55 bits per heavy atom. The molecule has 1 amide bonds. The third-order valence-corrected chi connectivity index (χ3v) is 5.41. The first-order chi connectivity index (χ1) is 9.83. The van der Waals surface area contributed by atoms with E-state index in [0.717, 1.165) is 25.6 Å². The molecule has 0 radical (unpaired) electrons. The van der Waals surface area contributed by atoms with E-state index in [2.05, 4.69) is 15.5 Å². The van der Waals surface area contributed by atoms with Crippen molar-refractivity contribution < 1.29 is 4.79 Å². The average molecular weight is 279 g/mol. The van der Waals surface area contributed by atoms with Crippen LogP contribution in [0, 0.1) is 5.92 Å². The van der Waals surface area contributed by atoms with Crippen LogP contribution >= 0.6 is 0 Å². The highest BCUT2D eigenvalue weighted by atomic mass is 16.2. The predicted octanol–water partition coefficient (Wildman–Crippen LogP) is 1.51. The Hall–Kier alpha value is -0.610. The van der Waals surface area contributed by atoms with Crippen molar-refractivity contribution in [2.75, 3.05) is 26.2 Å². The maximum absolute atomic E-state index is 12.2. The molecule has 4 heteroatoms. The summed E-state index contributed by atoms with van der Waals surface area (Å²) in [5.41, 5.74) is 0. The number of nitrogens with zero attached hydrogens (tertiary/aromatic N) is 1. The van der Waals surface area contributed by atoms with Gasteiger partial charge in [0.2, 0.25) is 5.91 Å². The molecule has 2 N–H and O–H groups in total. The summed E-state index contributed by atoms with van der Waals surface area (Å²) >= 11 is 0. The van der Waals surface area contributed by atoms with Crippen LogP contribution < -0.4 is 10.6 Å². The number of carbonyl (C=O) groups excluding carboxylic acids is 1. The van der Waals surface area contributed by atoms with E-state index in [4.69, 9.17) is 0 Å². The Bertz CT molecular complexity index is 322. The molecule has 0 aromatic carbocycles. The zero-order valence-electron chi connectivity index (χ0n) is 12.6. The normalized spacial score (nSPS) is 29.9. The summed E-state index contributed by atoms with van der Waals surface area (Å²) in [4.78, 5) is 14.7. The van der Waals surface area contributed by atoms with Gasteiger partial charge in [-0.15, -0.1) is 0 Å². The second-order valence-electron chi connectivity index (χ2n) is 6.82. The molecule has 0 aromatic rings. The van der Waals surface area contributed by atoms with Gasteiger partial charge in [-0.1, -0.05) is 12.8 Å². The molecule has 2 aliphatic heterocycles. The summed E-state index contributed by atoms with van der Waals surface area (Å²) in [5, 5.41) is 6.68. The van der Waals surface area contributed by atoms with Crippen LogP contribution in [0.4, 0.5) is 0 Å². The summed E-state index contributed by atoms with van der Waals surface area (Å²) in [7, 11) is 0. The Morgan fingerprint density at radius 2 is 1.80 bits per heavy atom. The number of nitrogens with one attached hydrogen (secondary N) is 2. The molecule has 3 aliphatic rings. The van der Waals surface area contributed by atoms with Gasteiger partial charge in [0.25, 0.3) is 0 Å². The fraction of sp³-hybridized carbons (Fsp3) is 0.938. The van der Waals surface area contributed by atoms with Gasteiger partial charge >= 0.3 is 0 Å². The first-order valence-corrected chi connectivity index (χ1v) is 8.57. The third kappa shape index (κ3) is 3.53. The number of amides is 1. The Labute approximate surface area is 122 Å². The van der Waals surface area contributed by atoms with Crippen molar-refractivity contribution in [1.29, 1.82) is 0 Å².